The number of fused-ring (bicyclic) bond motifs is 1. The van der Waals surface area contributed by atoms with E-state index in [0.717, 1.165) is 13.0 Å². The van der Waals surface area contributed by atoms with E-state index in [9.17, 15) is 9.59 Å². The Balaban J connectivity index is 1.90. The maximum Gasteiger partial charge on any atom is 0.321 e. The highest BCUT2D eigenvalue weighted by Gasteiger charge is 2.34. The Labute approximate surface area is 132 Å². The van der Waals surface area contributed by atoms with Crippen LogP contribution in [0, 0.1) is 0 Å². The van der Waals surface area contributed by atoms with Crippen LogP contribution in [0.2, 0.25) is 0 Å². The van der Waals surface area contributed by atoms with Crippen molar-refractivity contribution in [2.45, 2.75) is 37.6 Å². The van der Waals surface area contributed by atoms with Crippen molar-refractivity contribution in [3.8, 4) is 0 Å². The normalized spacial score (nSPS) is 16.4. The summed E-state index contributed by atoms with van der Waals surface area (Å²) in [6, 6.07) is 1.08. The monoisotopic (exact) mass is 328 g/mol. The molecule has 0 saturated heterocycles. The number of carbonyl (C=O) groups excluding carboxylic acids is 1. The second kappa shape index (κ2) is 6.37. The van der Waals surface area contributed by atoms with Crippen LogP contribution in [0.4, 0.5) is 0 Å². The zero-order valence-corrected chi connectivity index (χ0v) is 13.8. The van der Waals surface area contributed by atoms with Crippen molar-refractivity contribution >= 4 is 35.0 Å². The van der Waals surface area contributed by atoms with Crippen molar-refractivity contribution in [2.24, 2.45) is 5.73 Å². The van der Waals surface area contributed by atoms with E-state index in [0.29, 0.717) is 6.54 Å². The van der Waals surface area contributed by atoms with Crippen LogP contribution in [0.3, 0.4) is 0 Å². The lowest BCUT2D eigenvalue weighted by Gasteiger charge is -2.31. The van der Waals surface area contributed by atoms with E-state index in [1.165, 1.54) is 22.2 Å². The molecule has 2 heterocycles. The van der Waals surface area contributed by atoms with Crippen molar-refractivity contribution < 1.29 is 14.7 Å². The van der Waals surface area contributed by atoms with Gasteiger partial charge in [0.1, 0.15) is 6.04 Å². The quantitative estimate of drug-likeness (QED) is 0.857. The molecule has 0 unspecified atom stereocenters. The van der Waals surface area contributed by atoms with Crippen molar-refractivity contribution in [2.75, 3.05) is 12.3 Å². The van der Waals surface area contributed by atoms with Crippen molar-refractivity contribution in [3.05, 3.63) is 21.9 Å². The number of nitrogens with two attached hydrogens (primary N) is 1. The van der Waals surface area contributed by atoms with Crippen molar-refractivity contribution in [1.82, 2.24) is 4.90 Å². The number of carbonyl (C=O) groups is 2. The van der Waals surface area contributed by atoms with Gasteiger partial charge in [-0.05, 0) is 37.3 Å². The molecule has 0 aliphatic carbocycles. The Kier molecular flexibility index (Phi) is 4.95. The van der Waals surface area contributed by atoms with Crippen LogP contribution in [0.25, 0.3) is 0 Å². The third-order valence-electron chi connectivity index (χ3n) is 3.74. The van der Waals surface area contributed by atoms with Gasteiger partial charge in [0, 0.05) is 22.7 Å². The van der Waals surface area contributed by atoms with Gasteiger partial charge in [-0.2, -0.15) is 0 Å². The highest BCUT2D eigenvalue weighted by molar-refractivity contribution is 8.01. The molecule has 2 rings (SSSR count). The number of hydrogen-bond acceptors (Lipinski definition) is 5. The number of rotatable bonds is 5. The number of aliphatic carboxylic acids is 1. The van der Waals surface area contributed by atoms with Crippen LogP contribution in [0.5, 0.6) is 0 Å². The number of thioether (sulfide) groups is 1. The third kappa shape index (κ3) is 3.78. The van der Waals surface area contributed by atoms with Gasteiger partial charge < -0.3 is 15.7 Å². The van der Waals surface area contributed by atoms with Gasteiger partial charge in [0.05, 0.1) is 5.75 Å². The van der Waals surface area contributed by atoms with Crippen molar-refractivity contribution in [1.29, 1.82) is 0 Å². The lowest BCUT2D eigenvalue weighted by Crippen LogP contribution is -2.47. The molecular formula is C14H20N2O3S2. The molecule has 0 bridgehead atoms. The van der Waals surface area contributed by atoms with Gasteiger partial charge in [-0.3, -0.25) is 9.59 Å². The van der Waals surface area contributed by atoms with Gasteiger partial charge in [0.25, 0.3) is 0 Å². The highest BCUT2D eigenvalue weighted by atomic mass is 32.2. The Morgan fingerprint density at radius 1 is 1.57 bits per heavy atom. The molecule has 0 spiro atoms. The summed E-state index contributed by atoms with van der Waals surface area (Å²) in [7, 11) is 0. The average molecular weight is 328 g/mol. The fourth-order valence-corrected chi connectivity index (χ4v) is 4.04. The Bertz CT molecular complexity index is 542. The summed E-state index contributed by atoms with van der Waals surface area (Å²) in [5.74, 6) is -0.740. The summed E-state index contributed by atoms with van der Waals surface area (Å²) in [6.45, 7) is 4.91. The zero-order valence-electron chi connectivity index (χ0n) is 12.2. The van der Waals surface area contributed by atoms with Crippen LogP contribution in [-0.2, 0) is 22.6 Å². The summed E-state index contributed by atoms with van der Waals surface area (Å²) in [6.07, 6.45) is 0.904. The third-order valence-corrected chi connectivity index (χ3v) is 6.16. The van der Waals surface area contributed by atoms with Gasteiger partial charge in [-0.25, -0.2) is 0 Å². The van der Waals surface area contributed by atoms with Crippen LogP contribution in [0.1, 0.15) is 24.3 Å². The van der Waals surface area contributed by atoms with Crippen LogP contribution >= 0.6 is 23.1 Å². The first-order valence-corrected chi connectivity index (χ1v) is 8.63. The maximum absolute atomic E-state index is 12.3. The average Bonchev–Trinajstić information content (AvgIpc) is 2.91. The van der Waals surface area contributed by atoms with Crippen molar-refractivity contribution in [3.63, 3.8) is 0 Å². The molecule has 1 aliphatic heterocycles. The molecule has 3 N–H and O–H groups in total. The molecule has 0 saturated carbocycles. The molecule has 0 fully saturated rings. The molecule has 1 amide bonds. The van der Waals surface area contributed by atoms with E-state index in [-0.39, 0.29) is 11.7 Å². The molecule has 0 radical (unpaired) electrons. The largest absolute Gasteiger partial charge is 0.480 e. The molecule has 21 heavy (non-hydrogen) atoms. The fraction of sp³-hybridized carbons (Fsp3) is 0.571. The lowest BCUT2D eigenvalue weighted by molar-refractivity contribution is -0.139. The van der Waals surface area contributed by atoms with E-state index in [1.807, 2.05) is 4.90 Å². The molecule has 1 aromatic heterocycles. The molecule has 1 aromatic rings. The van der Waals surface area contributed by atoms with E-state index < -0.39 is 16.8 Å². The summed E-state index contributed by atoms with van der Waals surface area (Å²) in [5.41, 5.74) is 6.89. The van der Waals surface area contributed by atoms with E-state index >= 15 is 0 Å². The number of thiophene rings is 1. The summed E-state index contributed by atoms with van der Waals surface area (Å²) in [5, 5.41) is 11.0. The summed E-state index contributed by atoms with van der Waals surface area (Å²) >= 11 is 3.04. The van der Waals surface area contributed by atoms with E-state index in [4.69, 9.17) is 10.8 Å². The van der Waals surface area contributed by atoms with Gasteiger partial charge in [-0.1, -0.05) is 0 Å². The first-order chi connectivity index (χ1) is 9.81. The highest BCUT2D eigenvalue weighted by Crippen LogP contribution is 2.29. The predicted molar refractivity (Wildman–Crippen MR) is 85.6 cm³/mol. The van der Waals surface area contributed by atoms with Crippen LogP contribution in [-0.4, -0.2) is 45.0 Å². The minimum absolute atomic E-state index is 0.0440. The minimum Gasteiger partial charge on any atom is -0.480 e. The number of nitrogens with zero attached hydrogens (tertiary/aromatic N) is 1. The van der Waals surface area contributed by atoms with Gasteiger partial charge >= 0.3 is 5.97 Å². The number of amides is 1. The van der Waals surface area contributed by atoms with Gasteiger partial charge in [-0.15, -0.1) is 23.1 Å². The zero-order chi connectivity index (χ0) is 15.6. The van der Waals surface area contributed by atoms with Crippen LogP contribution in [0.15, 0.2) is 11.4 Å². The lowest BCUT2D eigenvalue weighted by atomic mass is 10.1. The number of carboxylic acid groups (broad SMARTS) is 1. The first-order valence-electron chi connectivity index (χ1n) is 6.76. The second-order valence-electron chi connectivity index (χ2n) is 5.64. The first kappa shape index (κ1) is 16.3. The molecule has 0 aromatic carbocycles. The summed E-state index contributed by atoms with van der Waals surface area (Å²) < 4.78 is -0.676. The van der Waals surface area contributed by atoms with Gasteiger partial charge in [0.2, 0.25) is 5.91 Å². The Morgan fingerprint density at radius 3 is 2.95 bits per heavy atom. The standard InChI is InChI=1S/C14H20N2O3S2/c1-14(2,12(15)13(18)19)21-8-11(17)16-5-3-10-9(7-16)4-6-20-10/h4,6,12H,3,5,7-8,15H2,1-2H3,(H,18,19)/t12-/m0/s1. The molecule has 116 valence electrons. The molecule has 1 aliphatic rings. The number of carboxylic acids is 1. The summed E-state index contributed by atoms with van der Waals surface area (Å²) in [4.78, 5) is 26.5. The molecule has 7 heteroatoms. The van der Waals surface area contributed by atoms with E-state index in [1.54, 1.807) is 25.2 Å². The van der Waals surface area contributed by atoms with Gasteiger partial charge in [0.15, 0.2) is 0 Å². The fourth-order valence-electron chi connectivity index (χ4n) is 2.19. The van der Waals surface area contributed by atoms with E-state index in [2.05, 4.69) is 11.4 Å². The Hall–Kier alpha value is -1.05. The Morgan fingerprint density at radius 2 is 2.29 bits per heavy atom. The van der Waals surface area contributed by atoms with Crippen LogP contribution < -0.4 is 5.73 Å². The SMILES string of the molecule is CC(C)(SCC(=O)N1CCc2sccc2C1)[C@@H](N)C(=O)O. The molecule has 1 atom stereocenters. The predicted octanol–water partition coefficient (Wildman–Crippen LogP) is 1.56. The molecular weight excluding hydrogens is 308 g/mol. The topological polar surface area (TPSA) is 83.6 Å². The molecule has 5 nitrogen and oxygen atoms in total. The minimum atomic E-state index is -1.04. The number of hydrogen-bond donors (Lipinski definition) is 2. The maximum atomic E-state index is 12.3. The second-order valence-corrected chi connectivity index (χ2v) is 8.27. The smallest absolute Gasteiger partial charge is 0.321 e.